The van der Waals surface area contributed by atoms with Crippen LogP contribution < -0.4 is 0 Å². The molecule has 0 atom stereocenters. The van der Waals surface area contributed by atoms with Gasteiger partial charge in [-0.2, -0.15) is 13.2 Å². The van der Waals surface area contributed by atoms with Crippen LogP contribution >= 0.6 is 0 Å². The summed E-state index contributed by atoms with van der Waals surface area (Å²) in [6, 6.07) is 0. The molecule has 0 radical (unpaired) electrons. The average Bonchev–Trinajstić information content (AvgIpc) is 1.95. The van der Waals surface area contributed by atoms with E-state index in [4.69, 9.17) is 0 Å². The Kier molecular flexibility index (Phi) is 4.31. The zero-order valence-electron chi connectivity index (χ0n) is 6.72. The van der Waals surface area contributed by atoms with E-state index in [9.17, 15) is 13.2 Å². The van der Waals surface area contributed by atoms with Crippen molar-refractivity contribution in [3.63, 3.8) is 0 Å². The van der Waals surface area contributed by atoms with Gasteiger partial charge in [-0.25, -0.2) is 4.99 Å². The van der Waals surface area contributed by atoms with Crippen molar-refractivity contribution in [3.05, 3.63) is 0 Å². The van der Waals surface area contributed by atoms with Crippen LogP contribution in [-0.2, 0) is 4.84 Å². The normalized spacial score (nSPS) is 13.9. The van der Waals surface area contributed by atoms with E-state index in [0.717, 1.165) is 6.21 Å². The molecule has 0 N–H and O–H groups in total. The SMILES string of the molecule is C/C=N\C(=N/OCC)C(F)(F)F. The minimum absolute atomic E-state index is 0.0822. The first-order valence-corrected chi connectivity index (χ1v) is 3.28. The molecule has 12 heavy (non-hydrogen) atoms. The summed E-state index contributed by atoms with van der Waals surface area (Å²) in [7, 11) is 0. The third kappa shape index (κ3) is 3.95. The minimum Gasteiger partial charge on any atom is -0.394 e. The van der Waals surface area contributed by atoms with Crippen molar-refractivity contribution in [3.8, 4) is 0 Å². The number of rotatable bonds is 2. The standard InChI is InChI=1S/C6H9F3N2O/c1-3-10-5(6(7,8)9)11-12-4-2/h3H,4H2,1-2H3/b10-3-,11-5-. The lowest BCUT2D eigenvalue weighted by molar-refractivity contribution is -0.0630. The molecule has 0 aliphatic heterocycles. The van der Waals surface area contributed by atoms with E-state index in [1.807, 2.05) is 0 Å². The van der Waals surface area contributed by atoms with Gasteiger partial charge in [0.1, 0.15) is 6.61 Å². The summed E-state index contributed by atoms with van der Waals surface area (Å²) in [5.74, 6) is -1.27. The Labute approximate surface area is 67.9 Å². The fourth-order valence-electron chi connectivity index (χ4n) is 0.396. The zero-order valence-corrected chi connectivity index (χ0v) is 6.72. The van der Waals surface area contributed by atoms with Crippen LogP contribution in [0.3, 0.4) is 0 Å². The first-order chi connectivity index (χ1) is 5.52. The third-order valence-electron chi connectivity index (χ3n) is 0.785. The summed E-state index contributed by atoms with van der Waals surface area (Å²) in [5, 5.41) is 2.80. The highest BCUT2D eigenvalue weighted by atomic mass is 19.4. The Hall–Kier alpha value is -1.07. The lowest BCUT2D eigenvalue weighted by Gasteiger charge is -2.03. The predicted octanol–water partition coefficient (Wildman–Crippen LogP) is 1.99. The first-order valence-electron chi connectivity index (χ1n) is 3.28. The van der Waals surface area contributed by atoms with Crippen molar-refractivity contribution in [2.45, 2.75) is 20.0 Å². The molecule has 0 heterocycles. The second-order valence-electron chi connectivity index (χ2n) is 1.72. The molecule has 0 spiro atoms. The summed E-state index contributed by atoms with van der Waals surface area (Å²) in [5.41, 5.74) is 0. The molecule has 0 fully saturated rings. The van der Waals surface area contributed by atoms with E-state index in [1.54, 1.807) is 0 Å². The molecule has 0 unspecified atom stereocenters. The van der Waals surface area contributed by atoms with Crippen molar-refractivity contribution in [1.29, 1.82) is 0 Å². The zero-order chi connectivity index (χ0) is 9.61. The molecule has 3 nitrogen and oxygen atoms in total. The summed E-state index contributed by atoms with van der Waals surface area (Å²) in [6.07, 6.45) is -3.55. The summed E-state index contributed by atoms with van der Waals surface area (Å²) >= 11 is 0. The minimum atomic E-state index is -4.55. The van der Waals surface area contributed by atoms with Crippen molar-refractivity contribution >= 4 is 12.1 Å². The van der Waals surface area contributed by atoms with Crippen LogP contribution in [0.4, 0.5) is 13.2 Å². The topological polar surface area (TPSA) is 34.0 Å². The van der Waals surface area contributed by atoms with Crippen molar-refractivity contribution in [1.82, 2.24) is 0 Å². The second kappa shape index (κ2) is 4.74. The van der Waals surface area contributed by atoms with Crippen molar-refractivity contribution < 1.29 is 18.0 Å². The summed E-state index contributed by atoms with van der Waals surface area (Å²) in [4.78, 5) is 7.24. The van der Waals surface area contributed by atoms with Gasteiger partial charge in [0.15, 0.2) is 0 Å². The van der Waals surface area contributed by atoms with Crippen molar-refractivity contribution in [2.75, 3.05) is 6.61 Å². The van der Waals surface area contributed by atoms with Crippen LogP contribution in [0.1, 0.15) is 13.8 Å². The third-order valence-corrected chi connectivity index (χ3v) is 0.785. The van der Waals surface area contributed by atoms with Gasteiger partial charge in [0, 0.05) is 6.21 Å². The maximum atomic E-state index is 11.9. The summed E-state index contributed by atoms with van der Waals surface area (Å²) in [6.45, 7) is 2.99. The van der Waals surface area contributed by atoms with Crippen molar-refractivity contribution in [2.24, 2.45) is 10.1 Å². The van der Waals surface area contributed by atoms with Gasteiger partial charge in [0.25, 0.3) is 5.84 Å². The predicted molar refractivity (Wildman–Crippen MR) is 39.3 cm³/mol. The van der Waals surface area contributed by atoms with Crippen LogP contribution in [0.25, 0.3) is 0 Å². The van der Waals surface area contributed by atoms with Crippen LogP contribution in [0.2, 0.25) is 0 Å². The number of aliphatic imine (C=N–C) groups is 1. The van der Waals surface area contributed by atoms with Gasteiger partial charge in [-0.05, 0) is 13.8 Å². The van der Waals surface area contributed by atoms with Gasteiger partial charge >= 0.3 is 6.18 Å². The molecule has 0 bridgehead atoms. The van der Waals surface area contributed by atoms with E-state index < -0.39 is 12.0 Å². The molecule has 0 saturated carbocycles. The highest BCUT2D eigenvalue weighted by molar-refractivity contribution is 5.92. The van der Waals surface area contributed by atoms with E-state index in [2.05, 4.69) is 15.0 Å². The maximum Gasteiger partial charge on any atom is 0.454 e. The van der Waals surface area contributed by atoms with E-state index >= 15 is 0 Å². The van der Waals surface area contributed by atoms with Crippen LogP contribution in [0.15, 0.2) is 10.1 Å². The molecule has 0 aliphatic rings. The first kappa shape index (κ1) is 10.9. The Morgan fingerprint density at radius 1 is 1.50 bits per heavy atom. The number of amidine groups is 1. The Morgan fingerprint density at radius 2 is 2.08 bits per heavy atom. The smallest absolute Gasteiger partial charge is 0.394 e. The lowest BCUT2D eigenvalue weighted by Crippen LogP contribution is -2.21. The fourth-order valence-corrected chi connectivity index (χ4v) is 0.396. The quantitative estimate of drug-likeness (QED) is 0.365. The van der Waals surface area contributed by atoms with Gasteiger partial charge in [-0.15, -0.1) is 0 Å². The number of hydrogen-bond donors (Lipinski definition) is 0. The van der Waals surface area contributed by atoms with E-state index in [-0.39, 0.29) is 6.61 Å². The molecule has 0 amide bonds. The average molecular weight is 182 g/mol. The Morgan fingerprint density at radius 3 is 2.42 bits per heavy atom. The summed E-state index contributed by atoms with van der Waals surface area (Å²) < 4.78 is 35.7. The molecule has 0 aromatic heterocycles. The molecule has 0 aliphatic carbocycles. The molecule has 6 heteroatoms. The van der Waals surface area contributed by atoms with Gasteiger partial charge in [-0.3, -0.25) is 0 Å². The lowest BCUT2D eigenvalue weighted by atomic mass is 10.6. The molecule has 0 aromatic carbocycles. The monoisotopic (exact) mass is 182 g/mol. The van der Waals surface area contributed by atoms with Gasteiger partial charge in [0.05, 0.1) is 0 Å². The maximum absolute atomic E-state index is 11.9. The molecule has 70 valence electrons. The Balaban J connectivity index is 4.44. The number of nitrogens with zero attached hydrogens (tertiary/aromatic N) is 2. The number of alkyl halides is 3. The number of halogens is 3. The van der Waals surface area contributed by atoms with Crippen LogP contribution in [0.5, 0.6) is 0 Å². The van der Waals surface area contributed by atoms with E-state index in [0.29, 0.717) is 0 Å². The number of hydrogen-bond acceptors (Lipinski definition) is 2. The molecule has 0 rings (SSSR count). The van der Waals surface area contributed by atoms with Gasteiger partial charge in [0.2, 0.25) is 0 Å². The highest BCUT2D eigenvalue weighted by Gasteiger charge is 2.36. The molecule has 0 aromatic rings. The number of oxime groups is 1. The second-order valence-corrected chi connectivity index (χ2v) is 1.72. The largest absolute Gasteiger partial charge is 0.454 e. The molecular formula is C6H9F3N2O. The van der Waals surface area contributed by atoms with Gasteiger partial charge in [-0.1, -0.05) is 5.16 Å². The fraction of sp³-hybridized carbons (Fsp3) is 0.667. The Bertz CT molecular complexity index is 186. The van der Waals surface area contributed by atoms with E-state index in [1.165, 1.54) is 13.8 Å². The van der Waals surface area contributed by atoms with Crippen LogP contribution in [0, 0.1) is 0 Å². The molecular weight excluding hydrogens is 173 g/mol. The molecule has 0 saturated heterocycles. The highest BCUT2D eigenvalue weighted by Crippen LogP contribution is 2.17. The van der Waals surface area contributed by atoms with Gasteiger partial charge < -0.3 is 4.84 Å². The van der Waals surface area contributed by atoms with Crippen LogP contribution in [-0.4, -0.2) is 24.8 Å².